The lowest BCUT2D eigenvalue weighted by molar-refractivity contribution is 0.306. The Morgan fingerprint density at radius 1 is 0.800 bits per heavy atom. The zero-order valence-corrected chi connectivity index (χ0v) is 14.9. The second-order valence-electron chi connectivity index (χ2n) is 6.43. The predicted octanol–water partition coefficient (Wildman–Crippen LogP) is 5.42. The normalized spacial score (nSPS) is 11.9. The Kier molecular flexibility index (Phi) is 5.86. The fourth-order valence-corrected chi connectivity index (χ4v) is 2.69. The predicted molar refractivity (Wildman–Crippen MR) is 104 cm³/mol. The molecule has 3 rings (SSSR count). The van der Waals surface area contributed by atoms with E-state index in [4.69, 9.17) is 4.74 Å². The molecule has 0 aliphatic heterocycles. The molecule has 2 nitrogen and oxygen atoms in total. The van der Waals surface area contributed by atoms with E-state index in [1.54, 1.807) is 0 Å². The molecule has 0 saturated heterocycles. The average molecular weight is 331 g/mol. The first-order valence-corrected chi connectivity index (χ1v) is 8.76. The highest BCUT2D eigenvalue weighted by molar-refractivity contribution is 5.28. The van der Waals surface area contributed by atoms with Gasteiger partial charge in [0.2, 0.25) is 0 Å². The number of rotatable bonds is 7. The summed E-state index contributed by atoms with van der Waals surface area (Å²) >= 11 is 0. The Morgan fingerprint density at radius 3 is 2.16 bits per heavy atom. The third kappa shape index (κ3) is 5.20. The fraction of sp³-hybridized carbons (Fsp3) is 0.217. The molecule has 0 heterocycles. The highest BCUT2D eigenvalue weighted by atomic mass is 16.5. The summed E-state index contributed by atoms with van der Waals surface area (Å²) < 4.78 is 5.83. The molecule has 3 aromatic rings. The topological polar surface area (TPSA) is 21.3 Å². The first-order valence-electron chi connectivity index (χ1n) is 8.76. The van der Waals surface area contributed by atoms with Crippen LogP contribution in [-0.4, -0.2) is 0 Å². The number of benzene rings is 3. The maximum atomic E-state index is 5.83. The van der Waals surface area contributed by atoms with Crippen molar-refractivity contribution in [1.29, 1.82) is 0 Å². The Labute approximate surface area is 150 Å². The van der Waals surface area contributed by atoms with E-state index in [9.17, 15) is 0 Å². The van der Waals surface area contributed by atoms with Gasteiger partial charge in [0.25, 0.3) is 0 Å². The van der Waals surface area contributed by atoms with E-state index < -0.39 is 0 Å². The van der Waals surface area contributed by atoms with Gasteiger partial charge in [0.05, 0.1) is 0 Å². The average Bonchev–Trinajstić information content (AvgIpc) is 2.67. The minimum absolute atomic E-state index is 0.328. The van der Waals surface area contributed by atoms with E-state index in [2.05, 4.69) is 67.7 Å². The molecular formula is C23H25NO. The number of hydrogen-bond acceptors (Lipinski definition) is 2. The Balaban J connectivity index is 1.49. The molecule has 0 saturated carbocycles. The van der Waals surface area contributed by atoms with Crippen LogP contribution in [-0.2, 0) is 13.2 Å². The van der Waals surface area contributed by atoms with E-state index in [0.29, 0.717) is 12.6 Å². The van der Waals surface area contributed by atoms with Crippen molar-refractivity contribution in [3.8, 4) is 5.75 Å². The Hall–Kier alpha value is -2.58. The van der Waals surface area contributed by atoms with E-state index in [1.165, 1.54) is 22.3 Å². The van der Waals surface area contributed by atoms with Crippen LogP contribution in [0.15, 0.2) is 78.9 Å². The fourth-order valence-electron chi connectivity index (χ4n) is 2.69. The Morgan fingerprint density at radius 2 is 1.48 bits per heavy atom. The van der Waals surface area contributed by atoms with Crippen molar-refractivity contribution in [2.24, 2.45) is 0 Å². The standard InChI is InChI=1S/C23H25NO/c1-18-8-12-22(13-9-18)19(2)24-16-20-10-14-23(15-11-20)25-17-21-6-4-3-5-7-21/h3-15,19,24H,16-17H2,1-2H3/t19-/m0/s1. The van der Waals surface area contributed by atoms with Crippen LogP contribution in [0.5, 0.6) is 5.75 Å². The second kappa shape index (κ2) is 8.50. The molecule has 0 unspecified atom stereocenters. The van der Waals surface area contributed by atoms with Crippen LogP contribution >= 0.6 is 0 Å². The van der Waals surface area contributed by atoms with Gasteiger partial charge in [0, 0.05) is 12.6 Å². The molecule has 0 radical (unpaired) electrons. The molecule has 0 aromatic heterocycles. The molecule has 2 heteroatoms. The van der Waals surface area contributed by atoms with Gasteiger partial charge in [-0.2, -0.15) is 0 Å². The van der Waals surface area contributed by atoms with Gasteiger partial charge < -0.3 is 10.1 Å². The van der Waals surface area contributed by atoms with Crippen molar-refractivity contribution in [2.45, 2.75) is 33.0 Å². The quantitative estimate of drug-likeness (QED) is 0.624. The van der Waals surface area contributed by atoms with Gasteiger partial charge in [-0.3, -0.25) is 0 Å². The summed E-state index contributed by atoms with van der Waals surface area (Å²) in [6.07, 6.45) is 0. The summed E-state index contributed by atoms with van der Waals surface area (Å²) in [6.45, 7) is 5.75. The van der Waals surface area contributed by atoms with E-state index in [-0.39, 0.29) is 0 Å². The SMILES string of the molecule is Cc1ccc([C@H](C)NCc2ccc(OCc3ccccc3)cc2)cc1. The lowest BCUT2D eigenvalue weighted by atomic mass is 10.1. The van der Waals surface area contributed by atoms with Crippen LogP contribution < -0.4 is 10.1 Å². The molecule has 1 N–H and O–H groups in total. The molecular weight excluding hydrogens is 306 g/mol. The van der Waals surface area contributed by atoms with Gasteiger partial charge in [-0.05, 0) is 42.7 Å². The van der Waals surface area contributed by atoms with Crippen LogP contribution in [0.3, 0.4) is 0 Å². The molecule has 0 bridgehead atoms. The molecule has 128 valence electrons. The van der Waals surface area contributed by atoms with Crippen molar-refractivity contribution in [2.75, 3.05) is 0 Å². The van der Waals surface area contributed by atoms with Crippen molar-refractivity contribution in [1.82, 2.24) is 5.32 Å². The summed E-state index contributed by atoms with van der Waals surface area (Å²) in [7, 11) is 0. The van der Waals surface area contributed by atoms with E-state index in [1.807, 2.05) is 30.3 Å². The molecule has 0 amide bonds. The molecule has 25 heavy (non-hydrogen) atoms. The number of hydrogen-bond donors (Lipinski definition) is 1. The van der Waals surface area contributed by atoms with Crippen molar-refractivity contribution < 1.29 is 4.74 Å². The summed E-state index contributed by atoms with van der Waals surface area (Å²) in [5.74, 6) is 0.902. The number of nitrogens with one attached hydrogen (secondary N) is 1. The maximum Gasteiger partial charge on any atom is 0.119 e. The van der Waals surface area contributed by atoms with Crippen molar-refractivity contribution in [3.63, 3.8) is 0 Å². The summed E-state index contributed by atoms with van der Waals surface area (Å²) in [6, 6.07) is 27.6. The molecule has 0 spiro atoms. The smallest absolute Gasteiger partial charge is 0.119 e. The van der Waals surface area contributed by atoms with Crippen LogP contribution in [0.25, 0.3) is 0 Å². The van der Waals surface area contributed by atoms with E-state index >= 15 is 0 Å². The molecule has 0 fully saturated rings. The highest BCUT2D eigenvalue weighted by Gasteiger charge is 2.04. The molecule has 3 aromatic carbocycles. The van der Waals surface area contributed by atoms with E-state index in [0.717, 1.165) is 12.3 Å². The van der Waals surface area contributed by atoms with Crippen molar-refractivity contribution in [3.05, 3.63) is 101 Å². The number of ether oxygens (including phenoxy) is 1. The lowest BCUT2D eigenvalue weighted by Crippen LogP contribution is -2.17. The third-order valence-corrected chi connectivity index (χ3v) is 4.36. The summed E-state index contributed by atoms with van der Waals surface area (Å²) in [5, 5.41) is 3.57. The zero-order chi connectivity index (χ0) is 17.5. The summed E-state index contributed by atoms with van der Waals surface area (Å²) in [5.41, 5.74) is 5.04. The monoisotopic (exact) mass is 331 g/mol. The number of aryl methyl sites for hydroxylation is 1. The van der Waals surface area contributed by atoms with Crippen LogP contribution in [0.4, 0.5) is 0 Å². The van der Waals surface area contributed by atoms with Gasteiger partial charge in [0.15, 0.2) is 0 Å². The van der Waals surface area contributed by atoms with Crippen molar-refractivity contribution >= 4 is 0 Å². The molecule has 0 aliphatic rings. The van der Waals surface area contributed by atoms with Gasteiger partial charge >= 0.3 is 0 Å². The third-order valence-electron chi connectivity index (χ3n) is 4.36. The maximum absolute atomic E-state index is 5.83. The largest absolute Gasteiger partial charge is 0.489 e. The summed E-state index contributed by atoms with van der Waals surface area (Å²) in [4.78, 5) is 0. The zero-order valence-electron chi connectivity index (χ0n) is 14.9. The Bertz CT molecular complexity index is 763. The van der Waals surface area contributed by atoms with Crippen LogP contribution in [0.2, 0.25) is 0 Å². The van der Waals surface area contributed by atoms with Gasteiger partial charge in [-0.15, -0.1) is 0 Å². The first kappa shape index (κ1) is 17.2. The van der Waals surface area contributed by atoms with Crippen LogP contribution in [0.1, 0.15) is 35.2 Å². The highest BCUT2D eigenvalue weighted by Crippen LogP contribution is 2.17. The minimum Gasteiger partial charge on any atom is -0.489 e. The van der Waals surface area contributed by atoms with Crippen LogP contribution in [0, 0.1) is 6.92 Å². The second-order valence-corrected chi connectivity index (χ2v) is 6.43. The molecule has 1 atom stereocenters. The van der Waals surface area contributed by atoms with Gasteiger partial charge in [-0.25, -0.2) is 0 Å². The van der Waals surface area contributed by atoms with Gasteiger partial charge in [0.1, 0.15) is 12.4 Å². The van der Waals surface area contributed by atoms with Gasteiger partial charge in [-0.1, -0.05) is 72.3 Å². The molecule has 0 aliphatic carbocycles. The minimum atomic E-state index is 0.328. The lowest BCUT2D eigenvalue weighted by Gasteiger charge is -2.15. The first-order chi connectivity index (χ1) is 12.2.